The van der Waals surface area contributed by atoms with Crippen LogP contribution < -0.4 is 15.4 Å². The summed E-state index contributed by atoms with van der Waals surface area (Å²) in [5, 5.41) is 7.95. The summed E-state index contributed by atoms with van der Waals surface area (Å²) in [7, 11) is -4.46. The monoisotopic (exact) mass is 385 g/mol. The van der Waals surface area contributed by atoms with Crippen molar-refractivity contribution in [3.63, 3.8) is 0 Å². The molecule has 2 aromatic rings. The quantitative estimate of drug-likeness (QED) is 0.848. The average molecular weight is 385 g/mol. The number of nitrogens with two attached hydrogens (primary N) is 1. The zero-order chi connectivity index (χ0) is 18.9. The third-order valence-corrected chi connectivity index (χ3v) is 5.24. The maximum atomic E-state index is 13.2. The second kappa shape index (κ2) is 6.81. The van der Waals surface area contributed by atoms with Crippen LogP contribution in [0.25, 0.3) is 0 Å². The molecule has 0 saturated carbocycles. The van der Waals surface area contributed by atoms with E-state index in [1.807, 2.05) is 30.3 Å². The van der Waals surface area contributed by atoms with Crippen LogP contribution in [0, 0.1) is 0 Å². The lowest BCUT2D eigenvalue weighted by Gasteiger charge is -2.20. The largest absolute Gasteiger partial charge is 0.417 e. The number of para-hydroxylation sites is 1. The van der Waals surface area contributed by atoms with Crippen LogP contribution in [0.1, 0.15) is 12.0 Å². The predicted octanol–water partition coefficient (Wildman–Crippen LogP) is 3.04. The van der Waals surface area contributed by atoms with Gasteiger partial charge in [-0.15, -0.1) is 0 Å². The first-order valence-electron chi connectivity index (χ1n) is 7.95. The van der Waals surface area contributed by atoms with E-state index in [1.165, 1.54) is 6.07 Å². The highest BCUT2D eigenvalue weighted by molar-refractivity contribution is 7.89. The van der Waals surface area contributed by atoms with Gasteiger partial charge < -0.3 is 10.2 Å². The number of benzene rings is 2. The molecule has 3 N–H and O–H groups in total. The fraction of sp³-hybridized carbons (Fsp3) is 0.294. The summed E-state index contributed by atoms with van der Waals surface area (Å²) in [5.41, 5.74) is 0.00454. The van der Waals surface area contributed by atoms with Gasteiger partial charge in [0.05, 0.1) is 10.5 Å². The number of rotatable bonds is 4. The average Bonchev–Trinajstić information content (AvgIpc) is 3.02. The molecule has 0 aromatic heterocycles. The summed E-state index contributed by atoms with van der Waals surface area (Å²) in [5.74, 6) is 0. The van der Waals surface area contributed by atoms with E-state index < -0.39 is 26.7 Å². The highest BCUT2D eigenvalue weighted by Gasteiger charge is 2.37. The highest BCUT2D eigenvalue weighted by atomic mass is 32.2. The van der Waals surface area contributed by atoms with Crippen LogP contribution in [0.2, 0.25) is 0 Å². The number of nitrogens with zero attached hydrogens (tertiary/aromatic N) is 1. The molecule has 140 valence electrons. The van der Waals surface area contributed by atoms with Crippen LogP contribution in [-0.2, 0) is 16.2 Å². The second-order valence-electron chi connectivity index (χ2n) is 6.17. The van der Waals surface area contributed by atoms with E-state index >= 15 is 0 Å². The number of hydrogen-bond acceptors (Lipinski definition) is 4. The van der Waals surface area contributed by atoms with Crippen molar-refractivity contribution in [1.29, 1.82) is 0 Å². The Labute approximate surface area is 149 Å². The molecule has 0 bridgehead atoms. The molecule has 3 rings (SSSR count). The molecule has 0 amide bonds. The van der Waals surface area contributed by atoms with Crippen molar-refractivity contribution in [2.75, 3.05) is 23.3 Å². The lowest BCUT2D eigenvalue weighted by Crippen LogP contribution is -2.26. The standard InChI is InChI=1S/C17H18F3N3O2S/c18-17(19,20)15-10-12(6-7-16(15)26(21,24)25)22-13-8-9-23(11-13)14-4-2-1-3-5-14/h1-7,10,13,22H,8-9,11H2,(H2,21,24,25). The number of alkyl halides is 3. The second-order valence-corrected chi connectivity index (χ2v) is 7.70. The number of sulfonamides is 1. The summed E-state index contributed by atoms with van der Waals surface area (Å²) in [4.78, 5) is 1.22. The first-order valence-corrected chi connectivity index (χ1v) is 9.50. The molecule has 0 radical (unpaired) electrons. The third-order valence-electron chi connectivity index (χ3n) is 4.27. The Kier molecular flexibility index (Phi) is 4.85. The van der Waals surface area contributed by atoms with E-state index in [9.17, 15) is 21.6 Å². The maximum Gasteiger partial charge on any atom is 0.417 e. The van der Waals surface area contributed by atoms with Crippen LogP contribution >= 0.6 is 0 Å². The van der Waals surface area contributed by atoms with Gasteiger partial charge in [0.2, 0.25) is 10.0 Å². The molecule has 9 heteroatoms. The van der Waals surface area contributed by atoms with Crippen LogP contribution in [0.3, 0.4) is 0 Å². The lowest BCUT2D eigenvalue weighted by molar-refractivity contribution is -0.139. The Morgan fingerprint density at radius 2 is 1.81 bits per heavy atom. The molecular formula is C17H18F3N3O2S. The maximum absolute atomic E-state index is 13.2. The van der Waals surface area contributed by atoms with E-state index in [2.05, 4.69) is 10.2 Å². The van der Waals surface area contributed by atoms with Gasteiger partial charge in [-0.3, -0.25) is 0 Å². The van der Waals surface area contributed by atoms with Gasteiger partial charge in [-0.2, -0.15) is 13.2 Å². The van der Waals surface area contributed by atoms with Crippen molar-refractivity contribution in [2.45, 2.75) is 23.5 Å². The van der Waals surface area contributed by atoms with Crippen molar-refractivity contribution < 1.29 is 21.6 Å². The molecule has 1 heterocycles. The van der Waals surface area contributed by atoms with Crippen molar-refractivity contribution in [1.82, 2.24) is 0 Å². The van der Waals surface area contributed by atoms with Crippen LogP contribution in [0.4, 0.5) is 24.5 Å². The van der Waals surface area contributed by atoms with E-state index in [0.29, 0.717) is 6.54 Å². The Morgan fingerprint density at radius 3 is 2.42 bits per heavy atom. The summed E-state index contributed by atoms with van der Waals surface area (Å²) in [6.07, 6.45) is -4.06. The van der Waals surface area contributed by atoms with Crippen molar-refractivity contribution >= 4 is 21.4 Å². The predicted molar refractivity (Wildman–Crippen MR) is 93.5 cm³/mol. The van der Waals surface area contributed by atoms with Gasteiger partial charge in [0.1, 0.15) is 0 Å². The smallest absolute Gasteiger partial charge is 0.380 e. The number of nitrogens with one attached hydrogen (secondary N) is 1. The van der Waals surface area contributed by atoms with Gasteiger partial charge in [-0.1, -0.05) is 18.2 Å². The minimum absolute atomic E-state index is 0.0448. The summed E-state index contributed by atoms with van der Waals surface area (Å²) >= 11 is 0. The van der Waals surface area contributed by atoms with E-state index in [-0.39, 0.29) is 11.7 Å². The van der Waals surface area contributed by atoms with Gasteiger partial charge in [0.25, 0.3) is 0 Å². The fourth-order valence-electron chi connectivity index (χ4n) is 3.08. The van der Waals surface area contributed by atoms with Crippen LogP contribution in [0.15, 0.2) is 53.4 Å². The van der Waals surface area contributed by atoms with Gasteiger partial charge in [-0.25, -0.2) is 13.6 Å². The van der Waals surface area contributed by atoms with E-state index in [4.69, 9.17) is 5.14 Å². The van der Waals surface area contributed by atoms with Crippen LogP contribution in [0.5, 0.6) is 0 Å². The molecule has 1 saturated heterocycles. The Morgan fingerprint density at radius 1 is 1.12 bits per heavy atom. The van der Waals surface area contributed by atoms with Crippen LogP contribution in [-0.4, -0.2) is 27.5 Å². The zero-order valence-electron chi connectivity index (χ0n) is 13.7. The van der Waals surface area contributed by atoms with Crippen molar-refractivity contribution in [3.8, 4) is 0 Å². The minimum atomic E-state index is -4.81. The molecule has 0 aliphatic carbocycles. The molecule has 1 fully saturated rings. The number of halogens is 3. The van der Waals surface area contributed by atoms with Gasteiger partial charge in [0, 0.05) is 30.5 Å². The minimum Gasteiger partial charge on any atom is -0.380 e. The van der Waals surface area contributed by atoms with Crippen molar-refractivity contribution in [3.05, 3.63) is 54.1 Å². The number of hydrogen-bond donors (Lipinski definition) is 2. The normalized spacial score (nSPS) is 18.2. The molecular weight excluding hydrogens is 367 g/mol. The summed E-state index contributed by atoms with van der Waals surface area (Å²) in [6, 6.07) is 12.7. The Hall–Kier alpha value is -2.26. The fourth-order valence-corrected chi connectivity index (χ4v) is 3.82. The van der Waals surface area contributed by atoms with Gasteiger partial charge >= 0.3 is 6.18 Å². The van der Waals surface area contributed by atoms with Crippen molar-refractivity contribution in [2.24, 2.45) is 5.14 Å². The topological polar surface area (TPSA) is 75.4 Å². The molecule has 2 aromatic carbocycles. The van der Waals surface area contributed by atoms with Gasteiger partial charge in [-0.05, 0) is 36.8 Å². The van der Waals surface area contributed by atoms with E-state index in [1.54, 1.807) is 0 Å². The molecule has 0 spiro atoms. The molecule has 5 nitrogen and oxygen atoms in total. The SMILES string of the molecule is NS(=O)(=O)c1ccc(NC2CCN(c3ccccc3)C2)cc1C(F)(F)F. The number of primary sulfonamides is 1. The Balaban J connectivity index is 1.79. The molecule has 1 aliphatic heterocycles. The summed E-state index contributed by atoms with van der Waals surface area (Å²) < 4.78 is 62.4. The number of anilines is 2. The molecule has 1 unspecified atom stereocenters. The first-order chi connectivity index (χ1) is 12.1. The zero-order valence-corrected chi connectivity index (χ0v) is 14.5. The summed E-state index contributed by atoms with van der Waals surface area (Å²) in [6.45, 7) is 1.42. The Bertz CT molecular complexity index is 886. The molecule has 1 atom stereocenters. The molecule has 1 aliphatic rings. The first kappa shape index (κ1) is 18.5. The highest BCUT2D eigenvalue weighted by Crippen LogP contribution is 2.36. The van der Waals surface area contributed by atoms with E-state index in [0.717, 1.165) is 30.8 Å². The third kappa shape index (κ3) is 4.10. The molecule has 26 heavy (non-hydrogen) atoms. The van der Waals surface area contributed by atoms with Gasteiger partial charge in [0.15, 0.2) is 0 Å². The lowest BCUT2D eigenvalue weighted by atomic mass is 10.1.